The fourth-order valence-electron chi connectivity index (χ4n) is 1.96. The summed E-state index contributed by atoms with van der Waals surface area (Å²) in [4.78, 5) is 13.4. The Bertz CT molecular complexity index is 192. The first-order chi connectivity index (χ1) is 6.61. The lowest BCUT2D eigenvalue weighted by Crippen LogP contribution is -2.53. The van der Waals surface area contributed by atoms with E-state index in [0.717, 1.165) is 32.0 Å². The van der Waals surface area contributed by atoms with Crippen molar-refractivity contribution in [1.82, 2.24) is 10.2 Å². The van der Waals surface area contributed by atoms with Crippen molar-refractivity contribution in [3.8, 4) is 0 Å². The molecular weight excluding hydrogens is 176 g/mol. The highest BCUT2D eigenvalue weighted by Crippen LogP contribution is 2.13. The first-order valence-corrected chi connectivity index (χ1v) is 5.59. The second-order valence-electron chi connectivity index (χ2n) is 4.54. The number of nitrogens with zero attached hydrogens (tertiary/aromatic N) is 1. The highest BCUT2D eigenvalue weighted by atomic mass is 16.2. The van der Waals surface area contributed by atoms with Crippen molar-refractivity contribution < 1.29 is 4.79 Å². The lowest BCUT2D eigenvalue weighted by atomic mass is 10.0. The number of rotatable bonds is 3. The highest BCUT2D eigenvalue weighted by Gasteiger charge is 2.23. The third-order valence-corrected chi connectivity index (χ3v) is 2.83. The van der Waals surface area contributed by atoms with Crippen LogP contribution in [0.15, 0.2) is 0 Å². The van der Waals surface area contributed by atoms with Crippen LogP contribution < -0.4 is 5.32 Å². The monoisotopic (exact) mass is 198 g/mol. The molecule has 0 saturated carbocycles. The van der Waals surface area contributed by atoms with Crippen LogP contribution in [0.3, 0.4) is 0 Å². The Morgan fingerprint density at radius 2 is 2.29 bits per heavy atom. The Morgan fingerprint density at radius 1 is 1.57 bits per heavy atom. The number of carbonyl (C=O) groups is 1. The maximum absolute atomic E-state index is 11.4. The molecule has 1 heterocycles. The summed E-state index contributed by atoms with van der Waals surface area (Å²) >= 11 is 0. The van der Waals surface area contributed by atoms with Gasteiger partial charge >= 0.3 is 0 Å². The topological polar surface area (TPSA) is 32.3 Å². The van der Waals surface area contributed by atoms with Gasteiger partial charge in [0, 0.05) is 32.6 Å². The van der Waals surface area contributed by atoms with E-state index in [0.29, 0.717) is 6.04 Å². The summed E-state index contributed by atoms with van der Waals surface area (Å²) in [5.74, 6) is 0.950. The van der Waals surface area contributed by atoms with Gasteiger partial charge in [-0.3, -0.25) is 4.79 Å². The zero-order valence-corrected chi connectivity index (χ0v) is 9.55. The summed E-state index contributed by atoms with van der Waals surface area (Å²) in [5, 5.41) is 3.35. The number of nitrogens with one attached hydrogen (secondary N) is 1. The van der Waals surface area contributed by atoms with Gasteiger partial charge in [0.05, 0.1) is 0 Å². The lowest BCUT2D eigenvalue weighted by Gasteiger charge is -2.36. The number of carbonyl (C=O) groups excluding carboxylic acids is 1. The molecule has 1 aliphatic heterocycles. The van der Waals surface area contributed by atoms with Crippen LogP contribution >= 0.6 is 0 Å². The Kier molecular flexibility index (Phi) is 4.39. The molecule has 1 unspecified atom stereocenters. The van der Waals surface area contributed by atoms with E-state index in [1.807, 2.05) is 4.90 Å². The molecule has 0 bridgehead atoms. The van der Waals surface area contributed by atoms with Gasteiger partial charge in [0.1, 0.15) is 0 Å². The standard InChI is InChI=1S/C11H22N2O/c1-9(2)4-5-11-8-12-6-7-13(11)10(3)14/h9,11-12H,4-8H2,1-3H3. The van der Waals surface area contributed by atoms with Gasteiger partial charge in [-0.2, -0.15) is 0 Å². The average Bonchev–Trinajstić information content (AvgIpc) is 2.15. The quantitative estimate of drug-likeness (QED) is 0.740. The third kappa shape index (κ3) is 3.29. The van der Waals surface area contributed by atoms with E-state index >= 15 is 0 Å². The Labute approximate surface area is 86.9 Å². The average molecular weight is 198 g/mol. The summed E-state index contributed by atoms with van der Waals surface area (Å²) in [6.07, 6.45) is 2.33. The van der Waals surface area contributed by atoms with E-state index in [1.165, 1.54) is 6.42 Å². The van der Waals surface area contributed by atoms with Gasteiger partial charge in [-0.1, -0.05) is 13.8 Å². The Balaban J connectivity index is 2.42. The molecule has 3 heteroatoms. The molecule has 1 aliphatic rings. The van der Waals surface area contributed by atoms with Gasteiger partial charge in [0.2, 0.25) is 5.91 Å². The molecule has 0 radical (unpaired) electrons. The molecular formula is C11H22N2O. The van der Waals surface area contributed by atoms with Gasteiger partial charge in [0.15, 0.2) is 0 Å². The van der Waals surface area contributed by atoms with Crippen LogP contribution in [-0.2, 0) is 4.79 Å². The summed E-state index contributed by atoms with van der Waals surface area (Å²) in [7, 11) is 0. The second kappa shape index (κ2) is 5.35. The van der Waals surface area contributed by atoms with E-state index in [1.54, 1.807) is 6.92 Å². The predicted octanol–water partition coefficient (Wildman–Crippen LogP) is 1.24. The Morgan fingerprint density at radius 3 is 2.86 bits per heavy atom. The van der Waals surface area contributed by atoms with Crippen LogP contribution in [0.2, 0.25) is 0 Å². The van der Waals surface area contributed by atoms with Crippen LogP contribution in [0.5, 0.6) is 0 Å². The van der Waals surface area contributed by atoms with Gasteiger partial charge < -0.3 is 10.2 Å². The molecule has 1 atom stereocenters. The molecule has 1 N–H and O–H groups in total. The smallest absolute Gasteiger partial charge is 0.219 e. The molecule has 0 spiro atoms. The maximum atomic E-state index is 11.4. The van der Waals surface area contributed by atoms with Crippen LogP contribution in [0.25, 0.3) is 0 Å². The zero-order valence-electron chi connectivity index (χ0n) is 9.55. The molecule has 0 aromatic heterocycles. The van der Waals surface area contributed by atoms with E-state index in [-0.39, 0.29) is 5.91 Å². The molecule has 0 aromatic rings. The largest absolute Gasteiger partial charge is 0.337 e. The maximum Gasteiger partial charge on any atom is 0.219 e. The van der Waals surface area contributed by atoms with E-state index in [9.17, 15) is 4.79 Å². The number of hydrogen-bond donors (Lipinski definition) is 1. The summed E-state index contributed by atoms with van der Waals surface area (Å²) < 4.78 is 0. The lowest BCUT2D eigenvalue weighted by molar-refractivity contribution is -0.132. The molecule has 1 fully saturated rings. The van der Waals surface area contributed by atoms with Crippen LogP contribution in [0.4, 0.5) is 0 Å². The van der Waals surface area contributed by atoms with Crippen molar-refractivity contribution in [2.45, 2.75) is 39.7 Å². The second-order valence-corrected chi connectivity index (χ2v) is 4.54. The molecule has 82 valence electrons. The minimum absolute atomic E-state index is 0.222. The SMILES string of the molecule is CC(=O)N1CCNCC1CCC(C)C. The van der Waals surface area contributed by atoms with Gasteiger partial charge in [-0.15, -0.1) is 0 Å². The van der Waals surface area contributed by atoms with E-state index in [2.05, 4.69) is 19.2 Å². The molecule has 0 aromatic carbocycles. The minimum Gasteiger partial charge on any atom is -0.337 e. The molecule has 3 nitrogen and oxygen atoms in total. The number of piperazine rings is 1. The summed E-state index contributed by atoms with van der Waals surface area (Å²) in [6, 6.07) is 0.420. The highest BCUT2D eigenvalue weighted by molar-refractivity contribution is 5.73. The Hall–Kier alpha value is -0.570. The summed E-state index contributed by atoms with van der Waals surface area (Å²) in [6.45, 7) is 8.92. The van der Waals surface area contributed by atoms with Crippen LogP contribution in [-0.4, -0.2) is 36.5 Å². The first-order valence-electron chi connectivity index (χ1n) is 5.59. The van der Waals surface area contributed by atoms with Crippen LogP contribution in [0, 0.1) is 5.92 Å². The number of amides is 1. The normalized spacial score (nSPS) is 22.9. The van der Waals surface area contributed by atoms with Crippen molar-refractivity contribution in [3.05, 3.63) is 0 Å². The van der Waals surface area contributed by atoms with Crippen molar-refractivity contribution in [2.75, 3.05) is 19.6 Å². The summed E-state index contributed by atoms with van der Waals surface area (Å²) in [5.41, 5.74) is 0. The fraction of sp³-hybridized carbons (Fsp3) is 0.909. The van der Waals surface area contributed by atoms with Crippen LogP contribution in [0.1, 0.15) is 33.6 Å². The van der Waals surface area contributed by atoms with Crippen molar-refractivity contribution in [3.63, 3.8) is 0 Å². The molecule has 14 heavy (non-hydrogen) atoms. The molecule has 1 saturated heterocycles. The van der Waals surface area contributed by atoms with Gasteiger partial charge in [-0.05, 0) is 18.8 Å². The molecule has 0 aliphatic carbocycles. The van der Waals surface area contributed by atoms with Crippen molar-refractivity contribution >= 4 is 5.91 Å². The fourth-order valence-corrected chi connectivity index (χ4v) is 1.96. The first kappa shape index (κ1) is 11.5. The van der Waals surface area contributed by atoms with Crippen molar-refractivity contribution in [2.24, 2.45) is 5.92 Å². The zero-order chi connectivity index (χ0) is 10.6. The molecule has 1 amide bonds. The van der Waals surface area contributed by atoms with Crippen molar-refractivity contribution in [1.29, 1.82) is 0 Å². The predicted molar refractivity (Wildman–Crippen MR) is 58.1 cm³/mol. The molecule has 1 rings (SSSR count). The number of hydrogen-bond acceptors (Lipinski definition) is 2. The van der Waals surface area contributed by atoms with Gasteiger partial charge in [0.25, 0.3) is 0 Å². The van der Waals surface area contributed by atoms with E-state index in [4.69, 9.17) is 0 Å². The minimum atomic E-state index is 0.222. The third-order valence-electron chi connectivity index (χ3n) is 2.83. The van der Waals surface area contributed by atoms with Gasteiger partial charge in [-0.25, -0.2) is 0 Å². The van der Waals surface area contributed by atoms with E-state index < -0.39 is 0 Å².